The van der Waals surface area contributed by atoms with Gasteiger partial charge in [-0.15, -0.1) is 0 Å². The first-order valence-electron chi connectivity index (χ1n) is 6.29. The van der Waals surface area contributed by atoms with Crippen LogP contribution in [0.15, 0.2) is 18.7 Å². The Morgan fingerprint density at radius 2 is 2.14 bits per heavy atom. The second-order valence-electron chi connectivity index (χ2n) is 4.29. The summed E-state index contributed by atoms with van der Waals surface area (Å²) < 4.78 is 1.65. The highest BCUT2D eigenvalue weighted by Crippen LogP contribution is 2.15. The van der Waals surface area contributed by atoms with E-state index in [1.165, 1.54) is 0 Å². The highest BCUT2D eigenvalue weighted by Gasteiger charge is 2.17. The normalized spacial score (nSPS) is 13.7. The van der Waals surface area contributed by atoms with Crippen molar-refractivity contribution in [3.63, 3.8) is 0 Å². The number of aliphatic hydroxyl groups excluding tert-OH is 1. The molecule has 2 heterocycles. The van der Waals surface area contributed by atoms with E-state index in [-0.39, 0.29) is 23.8 Å². The zero-order chi connectivity index (χ0) is 15.2. The molecule has 0 aliphatic rings. The molecule has 0 amide bonds. The lowest BCUT2D eigenvalue weighted by atomic mass is 10.2. The zero-order valence-electron chi connectivity index (χ0n) is 11.8. The van der Waals surface area contributed by atoms with Gasteiger partial charge >= 0.3 is 0 Å². The van der Waals surface area contributed by atoms with Crippen LogP contribution in [0, 0.1) is 0 Å². The van der Waals surface area contributed by atoms with Crippen molar-refractivity contribution in [3.05, 3.63) is 18.7 Å². The number of nitrogens with two attached hydrogens (primary N) is 1. The molecule has 0 aliphatic heterocycles. The van der Waals surface area contributed by atoms with Gasteiger partial charge in [-0.05, 0) is 13.2 Å². The molecule has 2 atom stereocenters. The third kappa shape index (κ3) is 3.80. The van der Waals surface area contributed by atoms with Gasteiger partial charge in [0, 0.05) is 23.7 Å². The number of anilines is 2. The largest absolute Gasteiger partial charge is 0.395 e. The standard InChI is InChI=1S/C11H18N8OS/c1-7(8(5-20)21-2)14-9-15-10(18-12)17-11(16-9)19-4-3-13-6-19/h3-4,6-8,20H,5,12H2,1-2H3,(H2,14,15,16,17,18). The van der Waals surface area contributed by atoms with Gasteiger partial charge in [0.15, 0.2) is 0 Å². The van der Waals surface area contributed by atoms with Crippen LogP contribution in [0.1, 0.15) is 6.92 Å². The molecular formula is C11H18N8OS. The molecule has 0 aromatic carbocycles. The van der Waals surface area contributed by atoms with Crippen molar-refractivity contribution >= 4 is 23.7 Å². The van der Waals surface area contributed by atoms with E-state index in [1.54, 1.807) is 35.0 Å². The Morgan fingerprint density at radius 3 is 2.71 bits per heavy atom. The summed E-state index contributed by atoms with van der Waals surface area (Å²) in [6, 6.07) is -0.0198. The molecule has 0 saturated carbocycles. The van der Waals surface area contributed by atoms with Crippen LogP contribution in [0.5, 0.6) is 0 Å². The van der Waals surface area contributed by atoms with Crippen molar-refractivity contribution in [2.24, 2.45) is 5.84 Å². The minimum absolute atomic E-state index is 0.0198. The minimum Gasteiger partial charge on any atom is -0.395 e. The molecule has 0 radical (unpaired) electrons. The number of hydrogen-bond acceptors (Lipinski definition) is 9. The molecule has 9 nitrogen and oxygen atoms in total. The lowest BCUT2D eigenvalue weighted by molar-refractivity contribution is 0.288. The van der Waals surface area contributed by atoms with Crippen molar-refractivity contribution in [3.8, 4) is 5.95 Å². The number of aliphatic hydroxyl groups is 1. The zero-order valence-corrected chi connectivity index (χ0v) is 12.6. The molecule has 2 unspecified atom stereocenters. The maximum absolute atomic E-state index is 9.32. The molecule has 2 aromatic rings. The number of hydrazine groups is 1. The molecule has 0 saturated heterocycles. The van der Waals surface area contributed by atoms with Gasteiger partial charge in [-0.3, -0.25) is 9.99 Å². The molecule has 2 aromatic heterocycles. The van der Waals surface area contributed by atoms with E-state index < -0.39 is 0 Å². The lowest BCUT2D eigenvalue weighted by Crippen LogP contribution is -2.32. The van der Waals surface area contributed by atoms with Crippen LogP contribution in [0.2, 0.25) is 0 Å². The summed E-state index contributed by atoms with van der Waals surface area (Å²) >= 11 is 1.57. The van der Waals surface area contributed by atoms with Gasteiger partial charge in [0.1, 0.15) is 6.33 Å². The van der Waals surface area contributed by atoms with E-state index in [0.29, 0.717) is 11.9 Å². The molecule has 2 rings (SSSR count). The first-order chi connectivity index (χ1) is 10.2. The Balaban J connectivity index is 2.25. The Hall–Kier alpha value is -1.91. The fraction of sp³-hybridized carbons (Fsp3) is 0.455. The SMILES string of the molecule is CSC(CO)C(C)Nc1nc(NN)nc(-n2ccnc2)n1. The van der Waals surface area contributed by atoms with Crippen LogP contribution in [-0.2, 0) is 0 Å². The first kappa shape index (κ1) is 15.5. The van der Waals surface area contributed by atoms with E-state index in [1.807, 2.05) is 13.2 Å². The quantitative estimate of drug-likeness (QED) is 0.408. The fourth-order valence-electron chi connectivity index (χ4n) is 1.72. The predicted molar refractivity (Wildman–Crippen MR) is 82.2 cm³/mol. The maximum Gasteiger partial charge on any atom is 0.243 e. The second-order valence-corrected chi connectivity index (χ2v) is 5.36. The number of rotatable bonds is 7. The molecule has 5 N–H and O–H groups in total. The van der Waals surface area contributed by atoms with Crippen molar-refractivity contribution in [1.82, 2.24) is 24.5 Å². The minimum atomic E-state index is -0.0198. The smallest absolute Gasteiger partial charge is 0.243 e. The Morgan fingerprint density at radius 1 is 1.38 bits per heavy atom. The number of imidazole rings is 1. The monoisotopic (exact) mass is 310 g/mol. The number of nitrogen functional groups attached to an aromatic ring is 1. The number of aromatic nitrogens is 5. The van der Waals surface area contributed by atoms with E-state index >= 15 is 0 Å². The van der Waals surface area contributed by atoms with Gasteiger partial charge in [0.2, 0.25) is 17.8 Å². The second kappa shape index (κ2) is 7.20. The van der Waals surface area contributed by atoms with Crippen LogP contribution in [0.4, 0.5) is 11.9 Å². The van der Waals surface area contributed by atoms with Crippen molar-refractivity contribution in [1.29, 1.82) is 0 Å². The van der Waals surface area contributed by atoms with Gasteiger partial charge in [0.05, 0.1) is 6.61 Å². The first-order valence-corrected chi connectivity index (χ1v) is 7.58. The molecule has 0 bridgehead atoms. The highest BCUT2D eigenvalue weighted by molar-refractivity contribution is 7.99. The molecule has 114 valence electrons. The summed E-state index contributed by atoms with van der Waals surface area (Å²) in [6.45, 7) is 2.02. The van der Waals surface area contributed by atoms with Crippen LogP contribution < -0.4 is 16.6 Å². The van der Waals surface area contributed by atoms with E-state index in [2.05, 4.69) is 30.7 Å². The number of nitrogens with zero attached hydrogens (tertiary/aromatic N) is 5. The summed E-state index contributed by atoms with van der Waals surface area (Å²) in [7, 11) is 0. The Labute approximate surface area is 126 Å². The number of nitrogens with one attached hydrogen (secondary N) is 2. The van der Waals surface area contributed by atoms with Gasteiger partial charge in [-0.25, -0.2) is 10.8 Å². The topological polar surface area (TPSA) is 127 Å². The molecule has 0 spiro atoms. The van der Waals surface area contributed by atoms with E-state index in [9.17, 15) is 5.11 Å². The molecule has 0 fully saturated rings. The summed E-state index contributed by atoms with van der Waals surface area (Å²) in [5.41, 5.74) is 2.41. The summed E-state index contributed by atoms with van der Waals surface area (Å²) in [4.78, 5) is 16.6. The predicted octanol–water partition coefficient (Wildman–Crippen LogP) is -0.133. The average Bonchev–Trinajstić information content (AvgIpc) is 3.02. The van der Waals surface area contributed by atoms with Gasteiger partial charge in [-0.1, -0.05) is 0 Å². The third-order valence-corrected chi connectivity index (χ3v) is 4.05. The third-order valence-electron chi connectivity index (χ3n) is 2.89. The Kier molecular flexibility index (Phi) is 5.31. The van der Waals surface area contributed by atoms with Crippen LogP contribution in [0.25, 0.3) is 5.95 Å². The fourth-order valence-corrected chi connectivity index (χ4v) is 2.35. The molecule has 10 heteroatoms. The molecular weight excluding hydrogens is 292 g/mol. The maximum atomic E-state index is 9.32. The lowest BCUT2D eigenvalue weighted by Gasteiger charge is -2.21. The van der Waals surface area contributed by atoms with Gasteiger partial charge in [-0.2, -0.15) is 26.7 Å². The van der Waals surface area contributed by atoms with Crippen molar-refractivity contribution < 1.29 is 5.11 Å². The Bertz CT molecular complexity index is 559. The van der Waals surface area contributed by atoms with Crippen LogP contribution in [-0.4, -0.2) is 53.8 Å². The summed E-state index contributed by atoms with van der Waals surface area (Å²) in [5.74, 6) is 6.40. The van der Waals surface area contributed by atoms with E-state index in [0.717, 1.165) is 0 Å². The summed E-state index contributed by atoms with van der Waals surface area (Å²) in [6.07, 6.45) is 6.88. The molecule has 21 heavy (non-hydrogen) atoms. The highest BCUT2D eigenvalue weighted by atomic mass is 32.2. The average molecular weight is 310 g/mol. The summed E-state index contributed by atoms with van der Waals surface area (Å²) in [5, 5.41) is 12.5. The van der Waals surface area contributed by atoms with Gasteiger partial charge < -0.3 is 10.4 Å². The van der Waals surface area contributed by atoms with Crippen molar-refractivity contribution in [2.45, 2.75) is 18.2 Å². The van der Waals surface area contributed by atoms with Crippen molar-refractivity contribution in [2.75, 3.05) is 23.6 Å². The molecule has 0 aliphatic carbocycles. The van der Waals surface area contributed by atoms with E-state index in [4.69, 9.17) is 5.84 Å². The van der Waals surface area contributed by atoms with Gasteiger partial charge in [0.25, 0.3) is 0 Å². The van der Waals surface area contributed by atoms with Crippen LogP contribution >= 0.6 is 11.8 Å². The van der Waals surface area contributed by atoms with Crippen LogP contribution in [0.3, 0.4) is 0 Å². The number of hydrogen-bond donors (Lipinski definition) is 4. The number of thioether (sulfide) groups is 1.